The van der Waals surface area contributed by atoms with Gasteiger partial charge in [0.05, 0.1) is 5.56 Å². The summed E-state index contributed by atoms with van der Waals surface area (Å²) in [6.07, 6.45) is -4.46. The maximum absolute atomic E-state index is 12.7. The largest absolute Gasteiger partial charge is 0.484 e. The summed E-state index contributed by atoms with van der Waals surface area (Å²) < 4.78 is 43.5. The van der Waals surface area contributed by atoms with Crippen LogP contribution in [0.5, 0.6) is 5.75 Å². The van der Waals surface area contributed by atoms with Gasteiger partial charge in [0.2, 0.25) is 0 Å². The first-order valence-corrected chi connectivity index (χ1v) is 9.18. The van der Waals surface area contributed by atoms with E-state index in [1.807, 2.05) is 12.1 Å². The molecule has 0 saturated carbocycles. The first-order valence-electron chi connectivity index (χ1n) is 9.18. The molecule has 8 heteroatoms. The number of hydrogen-bond donors (Lipinski definition) is 0. The summed E-state index contributed by atoms with van der Waals surface area (Å²) in [5, 5.41) is 0. The van der Waals surface area contributed by atoms with Gasteiger partial charge in [-0.3, -0.25) is 9.59 Å². The lowest BCUT2D eigenvalue weighted by molar-refractivity contribution is -0.137. The monoisotopic (exact) mass is 406 g/mol. The minimum atomic E-state index is -4.46. The Morgan fingerprint density at radius 2 is 1.66 bits per heavy atom. The molecule has 1 aliphatic heterocycles. The first kappa shape index (κ1) is 20.7. The molecular formula is C21H21F3N2O3. The van der Waals surface area contributed by atoms with Crippen molar-refractivity contribution in [2.45, 2.75) is 13.1 Å². The number of amides is 1. The number of halogens is 3. The van der Waals surface area contributed by atoms with E-state index in [1.54, 1.807) is 17.0 Å². The van der Waals surface area contributed by atoms with E-state index in [9.17, 15) is 22.8 Å². The van der Waals surface area contributed by atoms with Crippen LogP contribution in [-0.2, 0) is 11.0 Å². The number of anilines is 1. The topological polar surface area (TPSA) is 49.9 Å². The molecule has 0 bridgehead atoms. The normalized spacial score (nSPS) is 14.6. The lowest BCUT2D eigenvalue weighted by Crippen LogP contribution is -2.50. The van der Waals surface area contributed by atoms with E-state index < -0.39 is 11.7 Å². The van der Waals surface area contributed by atoms with Crippen LogP contribution in [0.3, 0.4) is 0 Å². The van der Waals surface area contributed by atoms with Crippen LogP contribution in [0.25, 0.3) is 0 Å². The van der Waals surface area contributed by atoms with Crippen molar-refractivity contribution in [3.05, 3.63) is 59.7 Å². The SMILES string of the molecule is CC(=O)c1ccc(N2CCN(C(=O)COc3cccc(C(F)(F)F)c3)CC2)cc1. The third-order valence-corrected chi connectivity index (χ3v) is 4.80. The molecule has 0 atom stereocenters. The standard InChI is InChI=1S/C21H21F3N2O3/c1-15(27)16-5-7-18(8-6-16)25-9-11-26(12-10-25)20(28)14-29-19-4-2-3-17(13-19)21(22,23)24/h2-8,13H,9-12,14H2,1H3. The van der Waals surface area contributed by atoms with Crippen LogP contribution in [0.15, 0.2) is 48.5 Å². The zero-order chi connectivity index (χ0) is 21.0. The molecule has 0 spiro atoms. The Balaban J connectivity index is 1.51. The Labute approximate surface area is 166 Å². The van der Waals surface area contributed by atoms with Gasteiger partial charge < -0.3 is 14.5 Å². The van der Waals surface area contributed by atoms with Crippen LogP contribution < -0.4 is 9.64 Å². The maximum atomic E-state index is 12.7. The number of carbonyl (C=O) groups excluding carboxylic acids is 2. The molecule has 154 valence electrons. The van der Waals surface area contributed by atoms with E-state index in [-0.39, 0.29) is 24.0 Å². The minimum absolute atomic E-state index is 0.00716. The smallest absolute Gasteiger partial charge is 0.416 e. The number of piperazine rings is 1. The molecule has 2 aromatic carbocycles. The minimum Gasteiger partial charge on any atom is -0.484 e. The second-order valence-electron chi connectivity index (χ2n) is 6.79. The number of nitrogens with zero attached hydrogens (tertiary/aromatic N) is 2. The molecular weight excluding hydrogens is 385 g/mol. The van der Waals surface area contributed by atoms with Gasteiger partial charge in [0.15, 0.2) is 12.4 Å². The summed E-state index contributed by atoms with van der Waals surface area (Å²) in [7, 11) is 0. The van der Waals surface area contributed by atoms with Crippen LogP contribution in [0.4, 0.5) is 18.9 Å². The molecule has 0 aromatic heterocycles. The average Bonchev–Trinajstić information content (AvgIpc) is 2.72. The third kappa shape index (κ3) is 5.28. The predicted molar refractivity (Wildman–Crippen MR) is 102 cm³/mol. The highest BCUT2D eigenvalue weighted by molar-refractivity contribution is 5.94. The molecule has 5 nitrogen and oxygen atoms in total. The predicted octanol–water partition coefficient (Wildman–Crippen LogP) is 3.64. The number of rotatable bonds is 5. The number of benzene rings is 2. The molecule has 3 rings (SSSR count). The lowest BCUT2D eigenvalue weighted by atomic mass is 10.1. The van der Waals surface area contributed by atoms with E-state index in [0.29, 0.717) is 31.7 Å². The highest BCUT2D eigenvalue weighted by Gasteiger charge is 2.30. The molecule has 1 heterocycles. The number of ketones is 1. The van der Waals surface area contributed by atoms with Crippen molar-refractivity contribution in [2.75, 3.05) is 37.7 Å². The van der Waals surface area contributed by atoms with Gasteiger partial charge in [0.1, 0.15) is 5.75 Å². The molecule has 0 aliphatic carbocycles. The summed E-state index contributed by atoms with van der Waals surface area (Å²) in [5.74, 6) is -0.251. The number of Topliss-reactive ketones (excluding diaryl/α,β-unsaturated/α-hetero) is 1. The van der Waals surface area contributed by atoms with Crippen LogP contribution in [0.1, 0.15) is 22.8 Å². The number of alkyl halides is 3. The highest BCUT2D eigenvalue weighted by atomic mass is 19.4. The fourth-order valence-corrected chi connectivity index (χ4v) is 3.12. The fourth-order valence-electron chi connectivity index (χ4n) is 3.12. The molecule has 0 radical (unpaired) electrons. The Morgan fingerprint density at radius 1 is 1.00 bits per heavy atom. The van der Waals surface area contributed by atoms with Gasteiger partial charge >= 0.3 is 6.18 Å². The Hall–Kier alpha value is -3.03. The van der Waals surface area contributed by atoms with Crippen LogP contribution in [-0.4, -0.2) is 49.4 Å². The van der Waals surface area contributed by atoms with Gasteiger partial charge in [-0.25, -0.2) is 0 Å². The van der Waals surface area contributed by atoms with Gasteiger partial charge in [0, 0.05) is 37.4 Å². The first-order chi connectivity index (χ1) is 13.7. The van der Waals surface area contributed by atoms with Gasteiger partial charge in [-0.1, -0.05) is 6.07 Å². The molecule has 0 N–H and O–H groups in total. The summed E-state index contributed by atoms with van der Waals surface area (Å²) in [6, 6.07) is 11.8. The zero-order valence-corrected chi connectivity index (χ0v) is 15.9. The van der Waals surface area contributed by atoms with Gasteiger partial charge in [-0.2, -0.15) is 13.2 Å². The third-order valence-electron chi connectivity index (χ3n) is 4.80. The Bertz CT molecular complexity index is 873. The molecule has 1 aliphatic rings. The van der Waals surface area contributed by atoms with Crippen molar-refractivity contribution >= 4 is 17.4 Å². The number of carbonyl (C=O) groups is 2. The van der Waals surface area contributed by atoms with E-state index in [0.717, 1.165) is 17.8 Å². The summed E-state index contributed by atoms with van der Waals surface area (Å²) in [4.78, 5) is 27.4. The van der Waals surface area contributed by atoms with Crippen LogP contribution in [0, 0.1) is 0 Å². The Kier molecular flexibility index (Phi) is 6.10. The van der Waals surface area contributed by atoms with Crippen LogP contribution in [0.2, 0.25) is 0 Å². The number of ether oxygens (including phenoxy) is 1. The number of hydrogen-bond acceptors (Lipinski definition) is 4. The fraction of sp³-hybridized carbons (Fsp3) is 0.333. The van der Waals surface area contributed by atoms with Gasteiger partial charge in [-0.05, 0) is 49.4 Å². The van der Waals surface area contributed by atoms with E-state index >= 15 is 0 Å². The average molecular weight is 406 g/mol. The highest BCUT2D eigenvalue weighted by Crippen LogP contribution is 2.31. The van der Waals surface area contributed by atoms with Crippen molar-refractivity contribution in [3.63, 3.8) is 0 Å². The summed E-state index contributed by atoms with van der Waals surface area (Å²) in [5.41, 5.74) is 0.809. The molecule has 29 heavy (non-hydrogen) atoms. The summed E-state index contributed by atoms with van der Waals surface area (Å²) >= 11 is 0. The molecule has 2 aromatic rings. The van der Waals surface area contributed by atoms with Crippen molar-refractivity contribution in [3.8, 4) is 5.75 Å². The molecule has 1 saturated heterocycles. The van der Waals surface area contributed by atoms with Gasteiger partial charge in [-0.15, -0.1) is 0 Å². The molecule has 1 amide bonds. The lowest BCUT2D eigenvalue weighted by Gasteiger charge is -2.36. The van der Waals surface area contributed by atoms with E-state index in [4.69, 9.17) is 4.74 Å². The Morgan fingerprint density at radius 3 is 2.24 bits per heavy atom. The van der Waals surface area contributed by atoms with E-state index in [2.05, 4.69) is 4.90 Å². The van der Waals surface area contributed by atoms with Crippen molar-refractivity contribution in [2.24, 2.45) is 0 Å². The maximum Gasteiger partial charge on any atom is 0.416 e. The molecule has 0 unspecified atom stereocenters. The van der Waals surface area contributed by atoms with Crippen molar-refractivity contribution in [1.82, 2.24) is 4.90 Å². The van der Waals surface area contributed by atoms with Crippen molar-refractivity contribution < 1.29 is 27.5 Å². The second-order valence-corrected chi connectivity index (χ2v) is 6.79. The van der Waals surface area contributed by atoms with Crippen molar-refractivity contribution in [1.29, 1.82) is 0 Å². The van der Waals surface area contributed by atoms with Gasteiger partial charge in [0.25, 0.3) is 5.91 Å². The quantitative estimate of drug-likeness (QED) is 0.712. The second kappa shape index (κ2) is 8.55. The molecule has 1 fully saturated rings. The summed E-state index contributed by atoms with van der Waals surface area (Å²) in [6.45, 7) is 3.41. The van der Waals surface area contributed by atoms with Crippen LogP contribution >= 0.6 is 0 Å². The zero-order valence-electron chi connectivity index (χ0n) is 15.9. The van der Waals surface area contributed by atoms with E-state index in [1.165, 1.54) is 19.1 Å².